The van der Waals surface area contributed by atoms with Crippen LogP contribution < -0.4 is 9.44 Å². The Labute approximate surface area is 111 Å². The van der Waals surface area contributed by atoms with Crippen molar-refractivity contribution in [3.05, 3.63) is 0 Å². The predicted octanol–water partition coefficient (Wildman–Crippen LogP) is 0.210. The Kier molecular flexibility index (Phi) is 5.55. The number of aliphatic carboxylic acids is 1. The van der Waals surface area contributed by atoms with E-state index in [1.54, 1.807) is 11.6 Å². The van der Waals surface area contributed by atoms with Gasteiger partial charge in [0.2, 0.25) is 0 Å². The lowest BCUT2D eigenvalue weighted by Crippen LogP contribution is -2.50. The summed E-state index contributed by atoms with van der Waals surface area (Å²) in [5, 5.41) is 9.02. The van der Waals surface area contributed by atoms with Gasteiger partial charge in [0.1, 0.15) is 0 Å². The van der Waals surface area contributed by atoms with E-state index >= 15 is 0 Å². The SMILES string of the molecule is CCOC(=O)NS(=O)(=O)NC1CCCCC1C(=O)O. The van der Waals surface area contributed by atoms with Crippen LogP contribution in [0.5, 0.6) is 0 Å². The summed E-state index contributed by atoms with van der Waals surface area (Å²) in [5.41, 5.74) is 0. The van der Waals surface area contributed by atoms with E-state index in [1.807, 2.05) is 0 Å². The standard InChI is InChI=1S/C10H18N2O6S/c1-2-18-10(15)12-19(16,17)11-8-6-4-3-5-7(8)9(13)14/h7-8,11H,2-6H2,1H3,(H,12,15)(H,13,14). The summed E-state index contributed by atoms with van der Waals surface area (Å²) in [5.74, 6) is -1.81. The Balaban J connectivity index is 2.65. The summed E-state index contributed by atoms with van der Waals surface area (Å²) in [4.78, 5) is 22.1. The number of hydrogen-bond acceptors (Lipinski definition) is 5. The van der Waals surface area contributed by atoms with Crippen LogP contribution in [-0.2, 0) is 19.7 Å². The number of amides is 1. The number of carbonyl (C=O) groups excluding carboxylic acids is 1. The van der Waals surface area contributed by atoms with E-state index in [9.17, 15) is 18.0 Å². The molecular formula is C10H18N2O6S. The van der Waals surface area contributed by atoms with E-state index in [1.165, 1.54) is 0 Å². The molecule has 3 N–H and O–H groups in total. The molecule has 0 heterocycles. The van der Waals surface area contributed by atoms with Gasteiger partial charge in [0.25, 0.3) is 0 Å². The number of nitrogens with one attached hydrogen (secondary N) is 2. The van der Waals surface area contributed by atoms with Gasteiger partial charge in [-0.1, -0.05) is 12.8 Å². The third-order valence-electron chi connectivity index (χ3n) is 2.88. The van der Waals surface area contributed by atoms with Crippen molar-refractivity contribution < 1.29 is 27.9 Å². The lowest BCUT2D eigenvalue weighted by molar-refractivity contribution is -0.143. The smallest absolute Gasteiger partial charge is 0.421 e. The predicted molar refractivity (Wildman–Crippen MR) is 65.6 cm³/mol. The normalized spacial score (nSPS) is 23.6. The molecule has 2 unspecified atom stereocenters. The second-order valence-electron chi connectivity index (χ2n) is 4.28. The molecule has 110 valence electrons. The second kappa shape index (κ2) is 6.71. The molecule has 0 radical (unpaired) electrons. The Morgan fingerprint density at radius 3 is 2.53 bits per heavy atom. The molecule has 19 heavy (non-hydrogen) atoms. The Hall–Kier alpha value is -1.35. The highest BCUT2D eigenvalue weighted by atomic mass is 32.2. The van der Waals surface area contributed by atoms with Gasteiger partial charge in [0.15, 0.2) is 0 Å². The molecule has 9 heteroatoms. The van der Waals surface area contributed by atoms with Crippen LogP contribution >= 0.6 is 0 Å². The van der Waals surface area contributed by atoms with Gasteiger partial charge >= 0.3 is 22.3 Å². The molecule has 1 fully saturated rings. The maximum atomic E-state index is 11.6. The van der Waals surface area contributed by atoms with Crippen molar-refractivity contribution in [2.75, 3.05) is 6.61 Å². The fourth-order valence-corrected chi connectivity index (χ4v) is 3.08. The molecule has 0 bridgehead atoms. The summed E-state index contributed by atoms with van der Waals surface area (Å²) in [6.45, 7) is 1.59. The van der Waals surface area contributed by atoms with Crippen molar-refractivity contribution in [2.45, 2.75) is 38.6 Å². The third-order valence-corrected chi connectivity index (χ3v) is 3.93. The average Bonchev–Trinajstić information content (AvgIpc) is 2.28. The molecule has 1 aliphatic rings. The van der Waals surface area contributed by atoms with Crippen LogP contribution in [0, 0.1) is 5.92 Å². The second-order valence-corrected chi connectivity index (χ2v) is 5.73. The van der Waals surface area contributed by atoms with Gasteiger partial charge in [-0.05, 0) is 19.8 Å². The molecule has 0 spiro atoms. The molecule has 2 atom stereocenters. The lowest BCUT2D eigenvalue weighted by atomic mass is 9.85. The maximum Gasteiger partial charge on any atom is 0.421 e. The molecule has 1 aliphatic carbocycles. The first-order chi connectivity index (χ1) is 8.85. The summed E-state index contributed by atoms with van der Waals surface area (Å²) < 4.78 is 31.6. The zero-order valence-electron chi connectivity index (χ0n) is 10.6. The number of hydrogen-bond donors (Lipinski definition) is 3. The molecular weight excluding hydrogens is 276 g/mol. The van der Waals surface area contributed by atoms with Crippen LogP contribution in [-0.4, -0.2) is 38.2 Å². The van der Waals surface area contributed by atoms with Crippen molar-refractivity contribution in [1.29, 1.82) is 0 Å². The summed E-state index contributed by atoms with van der Waals surface area (Å²) >= 11 is 0. The summed E-state index contributed by atoms with van der Waals surface area (Å²) in [7, 11) is -4.11. The first-order valence-corrected chi connectivity index (χ1v) is 7.53. The van der Waals surface area contributed by atoms with Crippen LogP contribution in [0.25, 0.3) is 0 Å². The fourth-order valence-electron chi connectivity index (χ4n) is 2.07. The van der Waals surface area contributed by atoms with Gasteiger partial charge in [0.05, 0.1) is 12.5 Å². The first-order valence-electron chi connectivity index (χ1n) is 6.05. The van der Waals surface area contributed by atoms with Gasteiger partial charge in [-0.15, -0.1) is 0 Å². The van der Waals surface area contributed by atoms with Crippen LogP contribution in [0.3, 0.4) is 0 Å². The van der Waals surface area contributed by atoms with E-state index in [2.05, 4.69) is 9.46 Å². The Morgan fingerprint density at radius 1 is 1.32 bits per heavy atom. The van der Waals surface area contributed by atoms with Crippen molar-refractivity contribution in [3.8, 4) is 0 Å². The first kappa shape index (κ1) is 15.7. The highest BCUT2D eigenvalue weighted by molar-refractivity contribution is 7.88. The minimum absolute atomic E-state index is 0.0442. The Bertz CT molecular complexity index is 435. The molecule has 0 aromatic rings. The molecule has 0 saturated heterocycles. The van der Waals surface area contributed by atoms with Crippen LogP contribution in [0.15, 0.2) is 0 Å². The fraction of sp³-hybridized carbons (Fsp3) is 0.800. The van der Waals surface area contributed by atoms with Crippen molar-refractivity contribution in [2.24, 2.45) is 5.92 Å². The molecule has 8 nitrogen and oxygen atoms in total. The van der Waals surface area contributed by atoms with Gasteiger partial charge < -0.3 is 9.84 Å². The third kappa shape index (κ3) is 5.03. The Morgan fingerprint density at radius 2 is 1.95 bits per heavy atom. The quantitative estimate of drug-likeness (QED) is 0.666. The van der Waals surface area contributed by atoms with Crippen molar-refractivity contribution >= 4 is 22.3 Å². The average molecular weight is 294 g/mol. The minimum Gasteiger partial charge on any atom is -0.481 e. The summed E-state index contributed by atoms with van der Waals surface area (Å²) in [6, 6.07) is -0.710. The molecule has 0 aliphatic heterocycles. The number of carbonyl (C=O) groups is 2. The van der Waals surface area contributed by atoms with Gasteiger partial charge in [-0.25, -0.2) is 9.52 Å². The van der Waals surface area contributed by atoms with Crippen LogP contribution in [0.4, 0.5) is 4.79 Å². The van der Waals surface area contributed by atoms with E-state index in [0.29, 0.717) is 12.8 Å². The van der Waals surface area contributed by atoms with Crippen molar-refractivity contribution in [3.63, 3.8) is 0 Å². The van der Waals surface area contributed by atoms with E-state index in [-0.39, 0.29) is 6.61 Å². The van der Waals surface area contributed by atoms with E-state index < -0.39 is 34.2 Å². The van der Waals surface area contributed by atoms with E-state index in [4.69, 9.17) is 5.11 Å². The van der Waals surface area contributed by atoms with Crippen LogP contribution in [0.1, 0.15) is 32.6 Å². The number of carboxylic acid groups (broad SMARTS) is 1. The van der Waals surface area contributed by atoms with Gasteiger partial charge in [-0.3, -0.25) is 4.79 Å². The highest BCUT2D eigenvalue weighted by Crippen LogP contribution is 2.25. The number of rotatable bonds is 5. The van der Waals surface area contributed by atoms with Gasteiger partial charge in [0, 0.05) is 6.04 Å². The maximum absolute atomic E-state index is 11.6. The molecule has 1 saturated carbocycles. The zero-order valence-corrected chi connectivity index (χ0v) is 11.4. The monoisotopic (exact) mass is 294 g/mol. The lowest BCUT2D eigenvalue weighted by Gasteiger charge is -2.28. The minimum atomic E-state index is -4.11. The van der Waals surface area contributed by atoms with E-state index in [0.717, 1.165) is 12.8 Å². The molecule has 1 amide bonds. The van der Waals surface area contributed by atoms with Crippen molar-refractivity contribution in [1.82, 2.24) is 9.44 Å². The van der Waals surface area contributed by atoms with Crippen LogP contribution in [0.2, 0.25) is 0 Å². The topological polar surface area (TPSA) is 122 Å². The molecule has 0 aromatic carbocycles. The molecule has 1 rings (SSSR count). The molecule has 0 aromatic heterocycles. The highest BCUT2D eigenvalue weighted by Gasteiger charge is 2.34. The number of ether oxygens (including phenoxy) is 1. The van der Waals surface area contributed by atoms with Gasteiger partial charge in [-0.2, -0.15) is 13.1 Å². The summed E-state index contributed by atoms with van der Waals surface area (Å²) in [6.07, 6.45) is 1.26. The largest absolute Gasteiger partial charge is 0.481 e. The zero-order chi connectivity index (χ0) is 14.5. The number of carboxylic acids is 1.